The molecule has 1 aromatic rings. The van der Waals surface area contributed by atoms with Gasteiger partial charge in [-0.15, -0.1) is 0 Å². The second-order valence-electron chi connectivity index (χ2n) is 6.67. The van der Waals surface area contributed by atoms with Gasteiger partial charge in [-0.05, 0) is 56.0 Å². The first-order valence-corrected chi connectivity index (χ1v) is 9.70. The van der Waals surface area contributed by atoms with Crippen molar-refractivity contribution in [1.82, 2.24) is 9.62 Å². The van der Waals surface area contributed by atoms with Gasteiger partial charge in [0.1, 0.15) is 5.75 Å². The van der Waals surface area contributed by atoms with Gasteiger partial charge in [0.05, 0.1) is 12.0 Å². The first kappa shape index (κ1) is 18.2. The summed E-state index contributed by atoms with van der Waals surface area (Å²) in [7, 11) is -1.90. The molecule has 0 unspecified atom stereocenters. The third-order valence-electron chi connectivity index (χ3n) is 4.28. The summed E-state index contributed by atoms with van der Waals surface area (Å²) in [5, 5.41) is 0. The fraction of sp³-hybridized carbons (Fsp3) is 0.647. The molecule has 1 N–H and O–H groups in total. The minimum Gasteiger partial charge on any atom is -0.496 e. The lowest BCUT2D eigenvalue weighted by molar-refractivity contribution is 0.227. The van der Waals surface area contributed by atoms with Crippen LogP contribution in [0.2, 0.25) is 0 Å². The largest absolute Gasteiger partial charge is 0.496 e. The minimum absolute atomic E-state index is 0.296. The summed E-state index contributed by atoms with van der Waals surface area (Å²) in [4.78, 5) is 2.69. The summed E-state index contributed by atoms with van der Waals surface area (Å²) in [5.41, 5.74) is 0.817. The minimum atomic E-state index is -3.48. The molecule has 1 aliphatic rings. The fourth-order valence-electron chi connectivity index (χ4n) is 3.14. The number of nitrogens with zero attached hydrogens (tertiary/aromatic N) is 1. The molecule has 1 aliphatic heterocycles. The zero-order chi connectivity index (χ0) is 17.0. The number of ether oxygens (including phenoxy) is 1. The highest BCUT2D eigenvalue weighted by Crippen LogP contribution is 2.22. The van der Waals surface area contributed by atoms with Crippen molar-refractivity contribution >= 4 is 10.0 Å². The van der Waals surface area contributed by atoms with Crippen molar-refractivity contribution in [3.8, 4) is 5.75 Å². The zero-order valence-corrected chi connectivity index (χ0v) is 15.3. The van der Waals surface area contributed by atoms with E-state index in [1.54, 1.807) is 25.3 Å². The van der Waals surface area contributed by atoms with Crippen molar-refractivity contribution in [2.24, 2.45) is 5.92 Å². The molecule has 1 fully saturated rings. The fourth-order valence-corrected chi connectivity index (χ4v) is 4.30. The van der Waals surface area contributed by atoms with Crippen LogP contribution in [-0.2, 0) is 10.0 Å². The maximum Gasteiger partial charge on any atom is 0.240 e. The van der Waals surface area contributed by atoms with Gasteiger partial charge in [0, 0.05) is 19.1 Å². The number of sulfonamides is 1. The first-order valence-electron chi connectivity index (χ1n) is 8.22. The van der Waals surface area contributed by atoms with E-state index in [1.165, 1.54) is 0 Å². The van der Waals surface area contributed by atoms with Crippen LogP contribution >= 0.6 is 0 Å². The Morgan fingerprint density at radius 2 is 2.13 bits per heavy atom. The van der Waals surface area contributed by atoms with Crippen molar-refractivity contribution in [3.05, 3.63) is 23.8 Å². The van der Waals surface area contributed by atoms with Gasteiger partial charge < -0.3 is 4.74 Å². The van der Waals surface area contributed by atoms with Crippen LogP contribution in [0.3, 0.4) is 0 Å². The number of likely N-dealkylation sites (tertiary alicyclic amines) is 1. The molecule has 0 aliphatic carbocycles. The number of aryl methyl sites for hydroxylation is 1. The molecule has 1 aromatic carbocycles. The van der Waals surface area contributed by atoms with Crippen molar-refractivity contribution in [1.29, 1.82) is 0 Å². The van der Waals surface area contributed by atoms with Crippen LogP contribution in [0.1, 0.15) is 32.3 Å². The second-order valence-corrected chi connectivity index (χ2v) is 8.44. The lowest BCUT2D eigenvalue weighted by Gasteiger charge is -2.26. The number of nitrogens with one attached hydrogen (secondary N) is 1. The van der Waals surface area contributed by atoms with E-state index in [2.05, 4.69) is 23.5 Å². The van der Waals surface area contributed by atoms with Crippen molar-refractivity contribution in [2.75, 3.05) is 26.7 Å². The summed E-state index contributed by atoms with van der Waals surface area (Å²) in [6.07, 6.45) is 2.19. The van der Waals surface area contributed by atoms with Gasteiger partial charge in [-0.2, -0.15) is 0 Å². The molecule has 23 heavy (non-hydrogen) atoms. The lowest BCUT2D eigenvalue weighted by atomic mass is 10.2. The quantitative estimate of drug-likeness (QED) is 0.828. The Bertz CT molecular complexity index is 629. The van der Waals surface area contributed by atoms with Gasteiger partial charge in [0.15, 0.2) is 0 Å². The van der Waals surface area contributed by atoms with Crippen molar-refractivity contribution in [2.45, 2.75) is 44.6 Å². The van der Waals surface area contributed by atoms with Gasteiger partial charge in [-0.25, -0.2) is 13.1 Å². The molecule has 130 valence electrons. The maximum absolute atomic E-state index is 12.5. The topological polar surface area (TPSA) is 58.6 Å². The highest BCUT2D eigenvalue weighted by molar-refractivity contribution is 7.89. The molecule has 0 bridgehead atoms. The number of hydrogen-bond acceptors (Lipinski definition) is 4. The Morgan fingerprint density at radius 3 is 2.74 bits per heavy atom. The number of methoxy groups -OCH3 is 1. The summed E-state index contributed by atoms with van der Waals surface area (Å²) in [6, 6.07) is 5.24. The van der Waals surface area contributed by atoms with E-state index in [-0.39, 0.29) is 0 Å². The molecule has 6 heteroatoms. The van der Waals surface area contributed by atoms with E-state index in [1.807, 2.05) is 6.92 Å². The van der Waals surface area contributed by atoms with Crippen molar-refractivity contribution in [3.63, 3.8) is 0 Å². The number of benzene rings is 1. The van der Waals surface area contributed by atoms with Crippen LogP contribution < -0.4 is 9.46 Å². The van der Waals surface area contributed by atoms with Gasteiger partial charge in [0.25, 0.3) is 0 Å². The molecule has 1 atom stereocenters. The molecule has 0 amide bonds. The van der Waals surface area contributed by atoms with Crippen molar-refractivity contribution < 1.29 is 13.2 Å². The van der Waals surface area contributed by atoms with E-state index in [4.69, 9.17) is 4.74 Å². The molecule has 5 nitrogen and oxygen atoms in total. The standard InChI is InChI=1S/C17H28N2O3S/c1-13(2)12-19-9-5-6-15(19)11-18-23(20,21)16-7-8-17(22-4)14(3)10-16/h7-8,10,13,15,18H,5-6,9,11-12H2,1-4H3/t15-/m0/s1. The number of hydrogen-bond donors (Lipinski definition) is 1. The van der Waals surface area contributed by atoms with Gasteiger partial charge in [-0.3, -0.25) is 4.90 Å². The van der Waals surface area contributed by atoms with Crippen LogP contribution in [0.25, 0.3) is 0 Å². The predicted molar refractivity (Wildman–Crippen MR) is 92.4 cm³/mol. The Hall–Kier alpha value is -1.11. The van der Waals surface area contributed by atoms with Crippen LogP contribution in [0.15, 0.2) is 23.1 Å². The van der Waals surface area contributed by atoms with Crippen LogP contribution in [-0.4, -0.2) is 46.1 Å². The molecular formula is C17H28N2O3S. The molecule has 0 radical (unpaired) electrons. The summed E-state index contributed by atoms with van der Waals surface area (Å²) < 4.78 is 33.0. The number of rotatable bonds is 7. The molecular weight excluding hydrogens is 312 g/mol. The molecule has 0 saturated carbocycles. The summed E-state index contributed by atoms with van der Waals surface area (Å²) >= 11 is 0. The third-order valence-corrected chi connectivity index (χ3v) is 5.71. The molecule has 1 saturated heterocycles. The maximum atomic E-state index is 12.5. The normalized spacial score (nSPS) is 19.4. The van der Waals surface area contributed by atoms with E-state index >= 15 is 0 Å². The molecule has 2 rings (SSSR count). The van der Waals surface area contributed by atoms with E-state index < -0.39 is 10.0 Å². The Balaban J connectivity index is 2.02. The lowest BCUT2D eigenvalue weighted by Crippen LogP contribution is -2.41. The van der Waals surface area contributed by atoms with Gasteiger partial charge in [-0.1, -0.05) is 13.8 Å². The smallest absolute Gasteiger partial charge is 0.240 e. The molecule has 0 aromatic heterocycles. The molecule has 1 heterocycles. The van der Waals surface area contributed by atoms with Gasteiger partial charge >= 0.3 is 0 Å². The second kappa shape index (κ2) is 7.64. The van der Waals surface area contributed by atoms with E-state index in [9.17, 15) is 8.42 Å². The Labute approximate surface area is 140 Å². The third kappa shape index (κ3) is 4.68. The average Bonchev–Trinajstić information content (AvgIpc) is 2.91. The first-order chi connectivity index (χ1) is 10.8. The zero-order valence-electron chi connectivity index (χ0n) is 14.5. The van der Waals surface area contributed by atoms with Crippen LogP contribution in [0, 0.1) is 12.8 Å². The van der Waals surface area contributed by atoms with Crippen LogP contribution in [0.4, 0.5) is 0 Å². The Kier molecular flexibility index (Phi) is 6.06. The van der Waals surface area contributed by atoms with Gasteiger partial charge in [0.2, 0.25) is 10.0 Å². The van der Waals surface area contributed by atoms with E-state index in [0.717, 1.165) is 31.5 Å². The predicted octanol–water partition coefficient (Wildman–Crippen LogP) is 2.40. The van der Waals surface area contributed by atoms with Crippen LogP contribution in [0.5, 0.6) is 5.75 Å². The monoisotopic (exact) mass is 340 g/mol. The average molecular weight is 340 g/mol. The summed E-state index contributed by atoms with van der Waals surface area (Å²) in [6.45, 7) is 8.79. The SMILES string of the molecule is COc1ccc(S(=O)(=O)NC[C@@H]2CCCN2CC(C)C)cc1C. The summed E-state index contributed by atoms with van der Waals surface area (Å²) in [5.74, 6) is 1.29. The van der Waals surface area contributed by atoms with E-state index in [0.29, 0.717) is 29.1 Å². The highest BCUT2D eigenvalue weighted by atomic mass is 32.2. The molecule has 0 spiro atoms. The Morgan fingerprint density at radius 1 is 1.39 bits per heavy atom. The highest BCUT2D eigenvalue weighted by Gasteiger charge is 2.26.